The van der Waals surface area contributed by atoms with Crippen molar-refractivity contribution in [2.24, 2.45) is 0 Å². The molecule has 3 rings (SSSR count). The number of hydrogen-bond donors (Lipinski definition) is 0. The summed E-state index contributed by atoms with van der Waals surface area (Å²) in [4.78, 5) is 16.2. The summed E-state index contributed by atoms with van der Waals surface area (Å²) >= 11 is 0. The van der Waals surface area contributed by atoms with Gasteiger partial charge in [0.2, 0.25) is 5.88 Å². The minimum Gasteiger partial charge on any atom is -0.481 e. The second-order valence-electron chi connectivity index (χ2n) is 6.13. The Bertz CT molecular complexity index is 953. The van der Waals surface area contributed by atoms with Gasteiger partial charge < -0.3 is 4.74 Å². The van der Waals surface area contributed by atoms with Gasteiger partial charge in [-0.15, -0.1) is 0 Å². The molecule has 0 radical (unpaired) electrons. The molecular weight excluding hydrogens is 322 g/mol. The summed E-state index contributed by atoms with van der Waals surface area (Å²) < 4.78 is 5.41. The van der Waals surface area contributed by atoms with Crippen molar-refractivity contribution in [1.29, 1.82) is 0 Å². The molecule has 2 aromatic carbocycles. The van der Waals surface area contributed by atoms with E-state index in [-0.39, 0.29) is 0 Å². The molecule has 26 heavy (non-hydrogen) atoms. The zero-order valence-electron chi connectivity index (χ0n) is 15.2. The Balaban J connectivity index is 2.20. The number of aromatic nitrogens is 1. The fourth-order valence-corrected chi connectivity index (χ4v) is 3.11. The summed E-state index contributed by atoms with van der Waals surface area (Å²) in [5, 5.41) is 0. The molecule has 3 nitrogen and oxygen atoms in total. The average Bonchev–Trinajstić information content (AvgIpc) is 2.68. The van der Waals surface area contributed by atoms with Gasteiger partial charge in [-0.25, -0.2) is 4.98 Å². The number of methoxy groups -OCH3 is 1. The molecule has 0 saturated carbocycles. The van der Waals surface area contributed by atoms with Crippen molar-refractivity contribution >= 4 is 17.9 Å². The lowest BCUT2D eigenvalue weighted by Gasteiger charge is -2.13. The van der Waals surface area contributed by atoms with Gasteiger partial charge in [0, 0.05) is 17.3 Å². The Morgan fingerprint density at radius 3 is 2.31 bits per heavy atom. The SMILES string of the molecule is COc1ncccc1-c1ccccc1C(C=O)=Cc1c(C)cccc1C. The van der Waals surface area contributed by atoms with Gasteiger partial charge in [0.15, 0.2) is 6.29 Å². The third kappa shape index (κ3) is 3.42. The lowest BCUT2D eigenvalue weighted by Crippen LogP contribution is -1.96. The van der Waals surface area contributed by atoms with Crippen molar-refractivity contribution in [3.05, 3.63) is 83.0 Å². The van der Waals surface area contributed by atoms with E-state index in [9.17, 15) is 4.79 Å². The molecule has 0 bridgehead atoms. The normalized spacial score (nSPS) is 11.3. The molecule has 0 spiro atoms. The molecule has 0 aliphatic carbocycles. The fraction of sp³-hybridized carbons (Fsp3) is 0.130. The third-order valence-electron chi connectivity index (χ3n) is 4.46. The largest absolute Gasteiger partial charge is 0.481 e. The van der Waals surface area contributed by atoms with Crippen LogP contribution in [0.1, 0.15) is 22.3 Å². The molecule has 3 aromatic rings. The lowest BCUT2D eigenvalue weighted by atomic mass is 9.92. The molecule has 0 saturated heterocycles. The topological polar surface area (TPSA) is 39.2 Å². The second-order valence-corrected chi connectivity index (χ2v) is 6.13. The molecule has 0 N–H and O–H groups in total. The first-order valence-electron chi connectivity index (χ1n) is 8.47. The van der Waals surface area contributed by atoms with Gasteiger partial charge in [0.1, 0.15) is 0 Å². The molecule has 0 fully saturated rings. The maximum Gasteiger partial charge on any atom is 0.221 e. The third-order valence-corrected chi connectivity index (χ3v) is 4.46. The van der Waals surface area contributed by atoms with Crippen molar-refractivity contribution in [1.82, 2.24) is 4.98 Å². The highest BCUT2D eigenvalue weighted by molar-refractivity contribution is 6.16. The van der Waals surface area contributed by atoms with E-state index in [0.29, 0.717) is 11.5 Å². The van der Waals surface area contributed by atoms with E-state index in [1.54, 1.807) is 13.3 Å². The molecule has 0 aliphatic heterocycles. The standard InChI is InChI=1S/C23H21NO2/c1-16-8-6-9-17(2)22(16)14-18(15-25)19-10-4-5-11-20(19)21-12-7-13-24-23(21)26-3/h4-15H,1-3H3. The maximum absolute atomic E-state index is 12.0. The van der Waals surface area contributed by atoms with E-state index in [4.69, 9.17) is 4.74 Å². The predicted octanol–water partition coefficient (Wildman–Crippen LogP) is 5.11. The van der Waals surface area contributed by atoms with Gasteiger partial charge in [-0.3, -0.25) is 4.79 Å². The Hall–Kier alpha value is -3.20. The summed E-state index contributed by atoms with van der Waals surface area (Å²) in [6.07, 6.45) is 4.56. The highest BCUT2D eigenvalue weighted by atomic mass is 16.5. The maximum atomic E-state index is 12.0. The highest BCUT2D eigenvalue weighted by Gasteiger charge is 2.14. The first kappa shape index (κ1) is 17.6. The quantitative estimate of drug-likeness (QED) is 0.367. The van der Waals surface area contributed by atoms with E-state index < -0.39 is 0 Å². The summed E-state index contributed by atoms with van der Waals surface area (Å²) in [6, 6.07) is 17.8. The van der Waals surface area contributed by atoms with Crippen LogP contribution in [-0.4, -0.2) is 18.4 Å². The van der Waals surface area contributed by atoms with Crippen molar-refractivity contribution in [2.45, 2.75) is 13.8 Å². The van der Waals surface area contributed by atoms with Crippen LogP contribution in [0.3, 0.4) is 0 Å². The Kier molecular flexibility index (Phi) is 5.28. The number of carbonyl (C=O) groups is 1. The van der Waals surface area contributed by atoms with Crippen LogP contribution in [0.5, 0.6) is 5.88 Å². The lowest BCUT2D eigenvalue weighted by molar-refractivity contribution is -0.103. The molecule has 130 valence electrons. The van der Waals surface area contributed by atoms with Crippen LogP contribution in [0.4, 0.5) is 0 Å². The second kappa shape index (κ2) is 7.79. The number of ether oxygens (including phenoxy) is 1. The number of allylic oxidation sites excluding steroid dienone is 1. The highest BCUT2D eigenvalue weighted by Crippen LogP contribution is 2.34. The molecule has 0 atom stereocenters. The van der Waals surface area contributed by atoms with Crippen molar-refractivity contribution in [3.63, 3.8) is 0 Å². The minimum absolute atomic E-state index is 0.539. The Morgan fingerprint density at radius 2 is 1.62 bits per heavy atom. The zero-order valence-corrected chi connectivity index (χ0v) is 15.2. The van der Waals surface area contributed by atoms with Crippen LogP contribution >= 0.6 is 0 Å². The molecule has 1 aromatic heterocycles. The zero-order chi connectivity index (χ0) is 18.5. The molecule has 3 heteroatoms. The van der Waals surface area contributed by atoms with Crippen molar-refractivity contribution in [3.8, 4) is 17.0 Å². The first-order valence-corrected chi connectivity index (χ1v) is 8.47. The summed E-state index contributed by atoms with van der Waals surface area (Å²) in [5.41, 5.74) is 6.62. The van der Waals surface area contributed by atoms with E-state index in [2.05, 4.69) is 31.0 Å². The van der Waals surface area contributed by atoms with Crippen LogP contribution in [-0.2, 0) is 4.79 Å². The molecule has 0 unspecified atom stereocenters. The number of aryl methyl sites for hydroxylation is 2. The molecular formula is C23H21NO2. The van der Waals surface area contributed by atoms with Crippen LogP contribution in [0.2, 0.25) is 0 Å². The van der Waals surface area contributed by atoms with E-state index >= 15 is 0 Å². The number of nitrogens with zero attached hydrogens (tertiary/aromatic N) is 1. The molecule has 0 aliphatic rings. The van der Waals surface area contributed by atoms with Crippen molar-refractivity contribution < 1.29 is 9.53 Å². The number of aldehydes is 1. The van der Waals surface area contributed by atoms with Crippen LogP contribution in [0, 0.1) is 13.8 Å². The Morgan fingerprint density at radius 1 is 0.923 bits per heavy atom. The fourth-order valence-electron chi connectivity index (χ4n) is 3.11. The monoisotopic (exact) mass is 343 g/mol. The minimum atomic E-state index is 0.539. The summed E-state index contributed by atoms with van der Waals surface area (Å²) in [7, 11) is 1.60. The number of pyridine rings is 1. The van der Waals surface area contributed by atoms with Gasteiger partial charge in [-0.2, -0.15) is 0 Å². The van der Waals surface area contributed by atoms with Crippen LogP contribution in [0.15, 0.2) is 60.8 Å². The molecule has 0 amide bonds. The van der Waals surface area contributed by atoms with Crippen molar-refractivity contribution in [2.75, 3.05) is 7.11 Å². The van der Waals surface area contributed by atoms with E-state index in [1.807, 2.05) is 48.5 Å². The van der Waals surface area contributed by atoms with Crippen LogP contribution in [0.25, 0.3) is 22.8 Å². The van der Waals surface area contributed by atoms with Crippen LogP contribution < -0.4 is 4.74 Å². The van der Waals surface area contributed by atoms with Gasteiger partial charge >= 0.3 is 0 Å². The Labute approximate surface area is 154 Å². The predicted molar refractivity (Wildman–Crippen MR) is 106 cm³/mol. The van der Waals surface area contributed by atoms with Gasteiger partial charge in [-0.05, 0) is 59.9 Å². The van der Waals surface area contributed by atoms with E-state index in [0.717, 1.165) is 39.7 Å². The van der Waals surface area contributed by atoms with Gasteiger partial charge in [-0.1, -0.05) is 42.5 Å². The number of hydrogen-bond acceptors (Lipinski definition) is 3. The average molecular weight is 343 g/mol. The van der Waals surface area contributed by atoms with E-state index in [1.165, 1.54) is 0 Å². The number of rotatable bonds is 5. The number of carbonyl (C=O) groups excluding carboxylic acids is 1. The summed E-state index contributed by atoms with van der Waals surface area (Å²) in [5.74, 6) is 0.539. The number of benzene rings is 2. The first-order chi connectivity index (χ1) is 12.7. The van der Waals surface area contributed by atoms with Gasteiger partial charge in [0.05, 0.1) is 7.11 Å². The van der Waals surface area contributed by atoms with Gasteiger partial charge in [0.25, 0.3) is 0 Å². The molecule has 1 heterocycles. The smallest absolute Gasteiger partial charge is 0.221 e. The summed E-state index contributed by atoms with van der Waals surface area (Å²) in [6.45, 7) is 4.11.